The second kappa shape index (κ2) is 6.61. The van der Waals surface area contributed by atoms with E-state index in [0.717, 1.165) is 12.8 Å². The summed E-state index contributed by atoms with van der Waals surface area (Å²) in [5, 5.41) is 3.43. The average Bonchev–Trinajstić information content (AvgIpc) is 2.39. The van der Waals surface area contributed by atoms with Gasteiger partial charge in [0, 0.05) is 19.3 Å². The van der Waals surface area contributed by atoms with Gasteiger partial charge >= 0.3 is 0 Å². The van der Waals surface area contributed by atoms with Gasteiger partial charge in [0.25, 0.3) is 5.91 Å². The van der Waals surface area contributed by atoms with Crippen molar-refractivity contribution in [3.63, 3.8) is 0 Å². The summed E-state index contributed by atoms with van der Waals surface area (Å²) in [6, 6.07) is 7.30. The molecule has 0 atom stereocenters. The Bertz CT molecular complexity index is 405. The van der Waals surface area contributed by atoms with Crippen molar-refractivity contribution in [3.05, 3.63) is 29.3 Å². The summed E-state index contributed by atoms with van der Waals surface area (Å²) in [5.41, 5.74) is 0. The van der Waals surface area contributed by atoms with Crippen molar-refractivity contribution in [2.24, 2.45) is 0 Å². The van der Waals surface area contributed by atoms with Gasteiger partial charge < -0.3 is 14.8 Å². The molecule has 4 nitrogen and oxygen atoms in total. The molecule has 0 spiro atoms. The van der Waals surface area contributed by atoms with E-state index in [1.807, 2.05) is 12.1 Å². The van der Waals surface area contributed by atoms with E-state index < -0.39 is 0 Å². The fourth-order valence-electron chi connectivity index (χ4n) is 1.82. The second-order valence-electron chi connectivity index (χ2n) is 4.17. The third kappa shape index (κ3) is 3.89. The van der Waals surface area contributed by atoms with Crippen LogP contribution in [0.25, 0.3) is 0 Å². The predicted octanol–water partition coefficient (Wildman–Crippen LogP) is 2.01. The van der Waals surface area contributed by atoms with Crippen LogP contribution in [0.5, 0.6) is 5.75 Å². The Kier molecular flexibility index (Phi) is 4.84. The van der Waals surface area contributed by atoms with E-state index in [-0.39, 0.29) is 18.6 Å². The summed E-state index contributed by atoms with van der Waals surface area (Å²) in [5.74, 6) is 0.406. The number of ether oxygens (including phenoxy) is 2. The lowest BCUT2D eigenvalue weighted by atomic mass is 10.1. The van der Waals surface area contributed by atoms with Crippen LogP contribution >= 0.6 is 11.6 Å². The van der Waals surface area contributed by atoms with Crippen LogP contribution in [-0.4, -0.2) is 31.8 Å². The first-order valence-corrected chi connectivity index (χ1v) is 6.38. The van der Waals surface area contributed by atoms with E-state index in [9.17, 15) is 4.79 Å². The molecule has 1 heterocycles. The lowest BCUT2D eigenvalue weighted by molar-refractivity contribution is -0.124. The number of hydrogen-bond donors (Lipinski definition) is 1. The zero-order valence-corrected chi connectivity index (χ0v) is 10.8. The van der Waals surface area contributed by atoms with Crippen LogP contribution in [0.1, 0.15) is 12.8 Å². The number of para-hydroxylation sites is 1. The number of halogens is 1. The van der Waals surface area contributed by atoms with Crippen LogP contribution < -0.4 is 10.1 Å². The maximum absolute atomic E-state index is 11.7. The van der Waals surface area contributed by atoms with Gasteiger partial charge in [-0.25, -0.2) is 0 Å². The van der Waals surface area contributed by atoms with Crippen molar-refractivity contribution < 1.29 is 14.3 Å². The molecule has 0 bridgehead atoms. The van der Waals surface area contributed by atoms with Crippen molar-refractivity contribution in [1.29, 1.82) is 0 Å². The van der Waals surface area contributed by atoms with E-state index in [2.05, 4.69) is 5.32 Å². The zero-order chi connectivity index (χ0) is 12.8. The Morgan fingerprint density at radius 3 is 2.83 bits per heavy atom. The maximum Gasteiger partial charge on any atom is 0.258 e. The molecular formula is C13H16ClNO3. The van der Waals surface area contributed by atoms with Crippen LogP contribution in [0, 0.1) is 0 Å². The minimum absolute atomic E-state index is 0.0128. The summed E-state index contributed by atoms with van der Waals surface area (Å²) in [6.07, 6.45) is 1.72. The molecule has 1 fully saturated rings. The van der Waals surface area contributed by atoms with Crippen LogP contribution in [0.2, 0.25) is 5.02 Å². The van der Waals surface area contributed by atoms with E-state index in [4.69, 9.17) is 21.1 Å². The number of amides is 1. The minimum atomic E-state index is -0.123. The number of carbonyl (C=O) groups excluding carboxylic acids is 1. The molecule has 0 aliphatic carbocycles. The van der Waals surface area contributed by atoms with Crippen molar-refractivity contribution in [2.45, 2.75) is 18.9 Å². The summed E-state index contributed by atoms with van der Waals surface area (Å²) in [7, 11) is 0. The molecule has 5 heteroatoms. The molecule has 1 amide bonds. The molecule has 1 aromatic carbocycles. The molecule has 0 saturated carbocycles. The highest BCUT2D eigenvalue weighted by atomic mass is 35.5. The van der Waals surface area contributed by atoms with Crippen LogP contribution in [0.4, 0.5) is 0 Å². The van der Waals surface area contributed by atoms with Crippen LogP contribution in [0.3, 0.4) is 0 Å². The second-order valence-corrected chi connectivity index (χ2v) is 4.58. The highest BCUT2D eigenvalue weighted by molar-refractivity contribution is 6.32. The van der Waals surface area contributed by atoms with E-state index in [1.54, 1.807) is 12.1 Å². The molecule has 1 aliphatic rings. The smallest absolute Gasteiger partial charge is 0.258 e. The fourth-order valence-corrected chi connectivity index (χ4v) is 2.01. The van der Waals surface area contributed by atoms with Crippen molar-refractivity contribution in [3.8, 4) is 5.75 Å². The largest absolute Gasteiger partial charge is 0.482 e. The Balaban J connectivity index is 1.76. The van der Waals surface area contributed by atoms with Crippen molar-refractivity contribution >= 4 is 17.5 Å². The van der Waals surface area contributed by atoms with Gasteiger partial charge in [0.2, 0.25) is 0 Å². The first-order chi connectivity index (χ1) is 8.75. The monoisotopic (exact) mass is 269 g/mol. The first kappa shape index (κ1) is 13.2. The zero-order valence-electron chi connectivity index (χ0n) is 10.0. The summed E-state index contributed by atoms with van der Waals surface area (Å²) >= 11 is 5.93. The standard InChI is InChI=1S/C13H16ClNO3/c14-11-3-1-2-4-12(11)18-9-13(16)15-10-5-7-17-8-6-10/h1-4,10H,5-9H2,(H,15,16). The van der Waals surface area contributed by atoms with Gasteiger partial charge in [0.15, 0.2) is 6.61 Å². The molecule has 18 heavy (non-hydrogen) atoms. The Morgan fingerprint density at radius 1 is 1.39 bits per heavy atom. The quantitative estimate of drug-likeness (QED) is 0.910. The summed E-state index contributed by atoms with van der Waals surface area (Å²) in [6.45, 7) is 1.40. The lowest BCUT2D eigenvalue weighted by Gasteiger charge is -2.23. The molecule has 1 saturated heterocycles. The average molecular weight is 270 g/mol. The van der Waals surface area contributed by atoms with Gasteiger partial charge in [-0.3, -0.25) is 4.79 Å². The molecule has 1 aromatic rings. The third-order valence-corrected chi connectivity index (χ3v) is 3.09. The van der Waals surface area contributed by atoms with Gasteiger partial charge in [0.05, 0.1) is 5.02 Å². The SMILES string of the molecule is O=C(COc1ccccc1Cl)NC1CCOCC1. The van der Waals surface area contributed by atoms with Crippen molar-refractivity contribution in [2.75, 3.05) is 19.8 Å². The van der Waals surface area contributed by atoms with Gasteiger partial charge in [-0.2, -0.15) is 0 Å². The number of nitrogens with one attached hydrogen (secondary N) is 1. The van der Waals surface area contributed by atoms with Gasteiger partial charge in [-0.1, -0.05) is 23.7 Å². The Labute approximate surface area is 111 Å². The molecule has 98 valence electrons. The minimum Gasteiger partial charge on any atom is -0.482 e. The van der Waals surface area contributed by atoms with Gasteiger partial charge in [0.1, 0.15) is 5.75 Å². The first-order valence-electron chi connectivity index (χ1n) is 6.00. The number of hydrogen-bond acceptors (Lipinski definition) is 3. The Hall–Kier alpha value is -1.26. The molecule has 2 rings (SSSR count). The summed E-state index contributed by atoms with van der Waals surface area (Å²) in [4.78, 5) is 11.7. The number of benzene rings is 1. The van der Waals surface area contributed by atoms with E-state index in [1.165, 1.54) is 0 Å². The lowest BCUT2D eigenvalue weighted by Crippen LogP contribution is -2.41. The molecular weight excluding hydrogens is 254 g/mol. The van der Waals surface area contributed by atoms with E-state index in [0.29, 0.717) is 24.0 Å². The molecule has 0 unspecified atom stereocenters. The predicted molar refractivity (Wildman–Crippen MR) is 68.9 cm³/mol. The number of rotatable bonds is 4. The maximum atomic E-state index is 11.7. The topological polar surface area (TPSA) is 47.6 Å². The molecule has 1 N–H and O–H groups in total. The van der Waals surface area contributed by atoms with Gasteiger partial charge in [-0.15, -0.1) is 0 Å². The Morgan fingerprint density at radius 2 is 2.11 bits per heavy atom. The van der Waals surface area contributed by atoms with Crippen molar-refractivity contribution in [1.82, 2.24) is 5.32 Å². The normalized spacial score (nSPS) is 16.3. The van der Waals surface area contributed by atoms with Gasteiger partial charge in [-0.05, 0) is 25.0 Å². The highest BCUT2D eigenvalue weighted by Gasteiger charge is 2.16. The highest BCUT2D eigenvalue weighted by Crippen LogP contribution is 2.22. The van der Waals surface area contributed by atoms with E-state index >= 15 is 0 Å². The van der Waals surface area contributed by atoms with Crippen LogP contribution in [-0.2, 0) is 9.53 Å². The molecule has 1 aliphatic heterocycles. The van der Waals surface area contributed by atoms with Crippen LogP contribution in [0.15, 0.2) is 24.3 Å². The molecule has 0 aromatic heterocycles. The fraction of sp³-hybridized carbons (Fsp3) is 0.462. The summed E-state index contributed by atoms with van der Waals surface area (Å²) < 4.78 is 10.6. The molecule has 0 radical (unpaired) electrons. The third-order valence-electron chi connectivity index (χ3n) is 2.78. The number of carbonyl (C=O) groups is 1.